The van der Waals surface area contributed by atoms with E-state index < -0.39 is 0 Å². The van der Waals surface area contributed by atoms with Crippen molar-refractivity contribution < 1.29 is 8.82 Å². The van der Waals surface area contributed by atoms with Crippen molar-refractivity contribution in [1.29, 1.82) is 0 Å². The van der Waals surface area contributed by atoms with Crippen LogP contribution in [0.1, 0.15) is 0 Å². The molecular weight excluding hydrogens is 186 g/mol. The van der Waals surface area contributed by atoms with Gasteiger partial charge >= 0.3 is 0 Å². The molecule has 0 fully saturated rings. The lowest BCUT2D eigenvalue weighted by Crippen LogP contribution is -2.19. The fraction of sp³-hybridized carbons (Fsp3) is 0. The quantitative estimate of drug-likeness (QED) is 0.547. The third kappa shape index (κ3) is 1.40. The molecule has 0 atom stereocenters. The second-order valence-electron chi connectivity index (χ2n) is 3.43. The molecule has 3 aromatic heterocycles. The zero-order valence-corrected chi connectivity index (χ0v) is 8.13. The summed E-state index contributed by atoms with van der Waals surface area (Å²) in [6, 6.07) is 14.1. The highest BCUT2D eigenvalue weighted by molar-refractivity contribution is 5.57. The van der Waals surface area contributed by atoms with Gasteiger partial charge in [-0.25, -0.2) is 0 Å². The van der Waals surface area contributed by atoms with Crippen LogP contribution in [0, 0.1) is 0 Å². The average Bonchev–Trinajstić information content (AvgIpc) is 2.82. The highest BCUT2D eigenvalue weighted by Crippen LogP contribution is 2.17. The van der Waals surface area contributed by atoms with E-state index in [4.69, 9.17) is 4.42 Å². The second-order valence-corrected chi connectivity index (χ2v) is 3.43. The zero-order valence-electron chi connectivity index (χ0n) is 8.13. The van der Waals surface area contributed by atoms with Gasteiger partial charge in [-0.2, -0.15) is 4.40 Å². The summed E-state index contributed by atoms with van der Waals surface area (Å²) in [5.74, 6) is 0.897. The Kier molecular flexibility index (Phi) is 1.78. The van der Waals surface area contributed by atoms with Crippen molar-refractivity contribution in [2.45, 2.75) is 0 Å². The van der Waals surface area contributed by atoms with E-state index in [-0.39, 0.29) is 0 Å². The lowest BCUT2D eigenvalue weighted by atomic mass is 10.2. The maximum Gasteiger partial charge on any atom is 0.210 e. The molecule has 3 heterocycles. The summed E-state index contributed by atoms with van der Waals surface area (Å²) in [6.07, 6.45) is 5.78. The van der Waals surface area contributed by atoms with Gasteiger partial charge in [-0.1, -0.05) is 0 Å². The van der Waals surface area contributed by atoms with Crippen molar-refractivity contribution >= 4 is 5.52 Å². The molecule has 15 heavy (non-hydrogen) atoms. The summed E-state index contributed by atoms with van der Waals surface area (Å²) >= 11 is 0. The van der Waals surface area contributed by atoms with Gasteiger partial charge in [-0.15, -0.1) is 0 Å². The summed E-state index contributed by atoms with van der Waals surface area (Å²) in [4.78, 5) is 0. The Morgan fingerprint density at radius 1 is 0.933 bits per heavy atom. The fourth-order valence-corrected chi connectivity index (χ4v) is 1.68. The highest BCUT2D eigenvalue weighted by atomic mass is 16.3. The first-order chi connectivity index (χ1) is 7.43. The van der Waals surface area contributed by atoms with Gasteiger partial charge in [-0.3, -0.25) is 0 Å². The Morgan fingerprint density at radius 3 is 2.80 bits per heavy atom. The van der Waals surface area contributed by atoms with Gasteiger partial charge in [0.2, 0.25) is 5.52 Å². The predicted molar refractivity (Wildman–Crippen MR) is 57.3 cm³/mol. The molecule has 0 bridgehead atoms. The van der Waals surface area contributed by atoms with Crippen LogP contribution < -0.4 is 4.40 Å². The number of hydrogen-bond donors (Lipinski definition) is 0. The largest absolute Gasteiger partial charge is 0.464 e. The Bertz CT molecular complexity index is 584. The van der Waals surface area contributed by atoms with Gasteiger partial charge in [-0.05, 0) is 24.3 Å². The molecule has 0 radical (unpaired) electrons. The van der Waals surface area contributed by atoms with Crippen LogP contribution in [-0.4, -0.2) is 0 Å². The minimum Gasteiger partial charge on any atom is -0.464 e. The predicted octanol–water partition coefficient (Wildman–Crippen LogP) is 2.69. The molecular formula is C13H10NO+. The van der Waals surface area contributed by atoms with E-state index in [1.807, 2.05) is 30.5 Å². The van der Waals surface area contributed by atoms with E-state index in [9.17, 15) is 0 Å². The smallest absolute Gasteiger partial charge is 0.210 e. The summed E-state index contributed by atoms with van der Waals surface area (Å²) in [7, 11) is 0. The van der Waals surface area contributed by atoms with Crippen LogP contribution in [0.5, 0.6) is 0 Å². The topological polar surface area (TPSA) is 17.2 Å². The third-order valence-electron chi connectivity index (χ3n) is 2.44. The molecule has 0 spiro atoms. The van der Waals surface area contributed by atoms with Crippen LogP contribution in [0.3, 0.4) is 0 Å². The van der Waals surface area contributed by atoms with Gasteiger partial charge in [0.1, 0.15) is 5.76 Å². The van der Waals surface area contributed by atoms with Crippen molar-refractivity contribution in [2.75, 3.05) is 0 Å². The molecule has 3 aromatic rings. The minimum absolute atomic E-state index is 0.897. The number of furan rings is 1. The molecule has 0 aliphatic carbocycles. The minimum atomic E-state index is 0.897. The van der Waals surface area contributed by atoms with E-state index in [0.29, 0.717) is 0 Å². The van der Waals surface area contributed by atoms with E-state index >= 15 is 0 Å². The first-order valence-corrected chi connectivity index (χ1v) is 4.87. The van der Waals surface area contributed by atoms with E-state index in [1.54, 1.807) is 6.26 Å². The van der Waals surface area contributed by atoms with Crippen LogP contribution in [0.25, 0.3) is 16.8 Å². The highest BCUT2D eigenvalue weighted by Gasteiger charge is 2.06. The van der Waals surface area contributed by atoms with Gasteiger partial charge in [0.15, 0.2) is 12.4 Å². The summed E-state index contributed by atoms with van der Waals surface area (Å²) in [6.45, 7) is 0. The molecule has 0 saturated heterocycles. The summed E-state index contributed by atoms with van der Waals surface area (Å²) < 4.78 is 7.44. The first-order valence-electron chi connectivity index (χ1n) is 4.87. The van der Waals surface area contributed by atoms with Crippen molar-refractivity contribution in [3.05, 3.63) is 61.1 Å². The number of fused-ring (bicyclic) bond motifs is 1. The molecule has 0 aromatic carbocycles. The molecule has 0 amide bonds. The Hall–Kier alpha value is -2.09. The van der Waals surface area contributed by atoms with Crippen molar-refractivity contribution in [1.82, 2.24) is 0 Å². The monoisotopic (exact) mass is 196 g/mol. The van der Waals surface area contributed by atoms with Gasteiger partial charge in [0, 0.05) is 18.2 Å². The number of hydrogen-bond acceptors (Lipinski definition) is 1. The maximum atomic E-state index is 5.36. The van der Waals surface area contributed by atoms with Crippen LogP contribution in [0.2, 0.25) is 0 Å². The lowest BCUT2D eigenvalue weighted by molar-refractivity contribution is -0.511. The molecule has 0 unspecified atom stereocenters. The van der Waals surface area contributed by atoms with Crippen LogP contribution >= 0.6 is 0 Å². The normalized spacial score (nSPS) is 10.7. The molecule has 2 nitrogen and oxygen atoms in total. The summed E-state index contributed by atoms with van der Waals surface area (Å²) in [5.41, 5.74) is 2.26. The van der Waals surface area contributed by atoms with Crippen molar-refractivity contribution in [2.24, 2.45) is 0 Å². The maximum absolute atomic E-state index is 5.36. The van der Waals surface area contributed by atoms with E-state index in [2.05, 4.69) is 28.8 Å². The summed E-state index contributed by atoms with van der Waals surface area (Å²) in [5, 5.41) is 0. The molecule has 72 valence electrons. The number of aromatic nitrogens is 1. The molecule has 0 aliphatic rings. The number of nitrogens with zero attached hydrogens (tertiary/aromatic N) is 1. The zero-order chi connectivity index (χ0) is 10.1. The van der Waals surface area contributed by atoms with Crippen LogP contribution in [0.15, 0.2) is 65.5 Å². The molecule has 2 heteroatoms. The van der Waals surface area contributed by atoms with Gasteiger partial charge in [0.25, 0.3) is 0 Å². The van der Waals surface area contributed by atoms with E-state index in [1.165, 1.54) is 5.52 Å². The Balaban J connectivity index is 2.22. The van der Waals surface area contributed by atoms with Crippen LogP contribution in [0.4, 0.5) is 0 Å². The van der Waals surface area contributed by atoms with Crippen molar-refractivity contribution in [3.63, 3.8) is 0 Å². The Labute approximate surface area is 87.4 Å². The van der Waals surface area contributed by atoms with Gasteiger partial charge in [0.05, 0.1) is 11.8 Å². The standard InChI is InChI=1S/C13H10NO/c1-2-8-14-10-11(6-7-12(14)4-1)13-5-3-9-15-13/h1-10H/q+1. The third-order valence-corrected chi connectivity index (χ3v) is 2.44. The lowest BCUT2D eigenvalue weighted by Gasteiger charge is -1.94. The second kappa shape index (κ2) is 3.24. The van der Waals surface area contributed by atoms with Crippen LogP contribution in [-0.2, 0) is 0 Å². The SMILES string of the molecule is c1coc(-c2ccc3cccc[n+]3c2)c1. The Morgan fingerprint density at radius 2 is 1.93 bits per heavy atom. The van der Waals surface area contributed by atoms with Gasteiger partial charge < -0.3 is 4.42 Å². The molecule has 0 aliphatic heterocycles. The van der Waals surface area contributed by atoms with E-state index in [0.717, 1.165) is 11.3 Å². The number of pyridine rings is 2. The first kappa shape index (κ1) is 8.24. The van der Waals surface area contributed by atoms with Crippen molar-refractivity contribution in [3.8, 4) is 11.3 Å². The number of rotatable bonds is 1. The molecule has 0 saturated carbocycles. The fourth-order valence-electron chi connectivity index (χ4n) is 1.68. The molecule has 3 rings (SSSR count). The average molecular weight is 196 g/mol. The molecule has 0 N–H and O–H groups in total.